The number of nitrogens with zero attached hydrogens (tertiary/aromatic N) is 1. The molecule has 0 aromatic heterocycles. The fraction of sp³-hybridized carbons (Fsp3) is 0.833. The van der Waals surface area contributed by atoms with Crippen LogP contribution in [-0.4, -0.2) is 41.0 Å². The van der Waals surface area contributed by atoms with Crippen molar-refractivity contribution in [3.63, 3.8) is 0 Å². The maximum absolute atomic E-state index is 12.0. The number of hydrogen-bond donors (Lipinski definition) is 2. The Morgan fingerprint density at radius 1 is 1.53 bits per heavy atom. The molecular formula is C12H22N2O3. The van der Waals surface area contributed by atoms with E-state index in [9.17, 15) is 9.59 Å². The van der Waals surface area contributed by atoms with Crippen LogP contribution in [0.4, 0.5) is 0 Å². The van der Waals surface area contributed by atoms with Gasteiger partial charge in [0.25, 0.3) is 0 Å². The monoisotopic (exact) mass is 242 g/mol. The van der Waals surface area contributed by atoms with Crippen molar-refractivity contribution in [3.8, 4) is 0 Å². The summed E-state index contributed by atoms with van der Waals surface area (Å²) in [5.74, 6) is -0.946. The minimum atomic E-state index is -0.834. The van der Waals surface area contributed by atoms with Crippen LogP contribution in [0.2, 0.25) is 0 Å². The van der Waals surface area contributed by atoms with Gasteiger partial charge in [-0.2, -0.15) is 0 Å². The third kappa shape index (κ3) is 3.19. The summed E-state index contributed by atoms with van der Waals surface area (Å²) in [5, 5.41) is 9.17. The molecule has 3 N–H and O–H groups in total. The topological polar surface area (TPSA) is 83.6 Å². The Kier molecular flexibility index (Phi) is 4.51. The number of carbonyl (C=O) groups is 2. The lowest BCUT2D eigenvalue weighted by Gasteiger charge is -2.38. The second-order valence-electron chi connectivity index (χ2n) is 5.12. The zero-order chi connectivity index (χ0) is 13.1. The Morgan fingerprint density at radius 3 is 2.71 bits per heavy atom. The number of carboxylic acid groups (broad SMARTS) is 1. The van der Waals surface area contributed by atoms with Gasteiger partial charge in [-0.05, 0) is 26.2 Å². The number of nitrogens with two attached hydrogens (primary N) is 1. The molecule has 0 saturated carbocycles. The first-order chi connectivity index (χ1) is 7.90. The van der Waals surface area contributed by atoms with Crippen LogP contribution in [0.15, 0.2) is 0 Å². The second kappa shape index (κ2) is 5.49. The third-order valence-electron chi connectivity index (χ3n) is 3.44. The summed E-state index contributed by atoms with van der Waals surface area (Å²) in [5.41, 5.74) is 4.97. The third-order valence-corrected chi connectivity index (χ3v) is 3.44. The molecule has 0 radical (unpaired) electrons. The van der Waals surface area contributed by atoms with Crippen molar-refractivity contribution in [1.29, 1.82) is 0 Å². The first-order valence-electron chi connectivity index (χ1n) is 6.18. The van der Waals surface area contributed by atoms with E-state index in [1.807, 2.05) is 6.92 Å². The number of hydrogen-bond acceptors (Lipinski definition) is 3. The maximum Gasteiger partial charge on any atom is 0.311 e. The molecule has 1 heterocycles. The molecule has 0 spiro atoms. The first-order valence-corrected chi connectivity index (χ1v) is 6.18. The van der Waals surface area contributed by atoms with Crippen molar-refractivity contribution in [1.82, 2.24) is 4.90 Å². The highest BCUT2D eigenvalue weighted by atomic mass is 16.4. The summed E-state index contributed by atoms with van der Waals surface area (Å²) < 4.78 is 0. The van der Waals surface area contributed by atoms with Crippen molar-refractivity contribution >= 4 is 11.9 Å². The number of aliphatic carboxylic acids is 1. The van der Waals surface area contributed by atoms with Crippen molar-refractivity contribution < 1.29 is 14.7 Å². The molecule has 1 unspecified atom stereocenters. The highest BCUT2D eigenvalue weighted by molar-refractivity contribution is 5.83. The minimum Gasteiger partial charge on any atom is -0.481 e. The van der Waals surface area contributed by atoms with E-state index in [-0.39, 0.29) is 12.5 Å². The van der Waals surface area contributed by atoms with Crippen LogP contribution in [0.3, 0.4) is 0 Å². The van der Waals surface area contributed by atoms with Gasteiger partial charge in [-0.15, -0.1) is 0 Å². The van der Waals surface area contributed by atoms with Crippen LogP contribution >= 0.6 is 0 Å². The fourth-order valence-corrected chi connectivity index (χ4v) is 2.27. The summed E-state index contributed by atoms with van der Waals surface area (Å²) in [7, 11) is 0. The molecule has 1 saturated heterocycles. The van der Waals surface area contributed by atoms with Gasteiger partial charge in [0, 0.05) is 13.1 Å². The van der Waals surface area contributed by atoms with Gasteiger partial charge in [0.15, 0.2) is 0 Å². The van der Waals surface area contributed by atoms with Crippen molar-refractivity contribution in [2.75, 3.05) is 13.1 Å². The predicted octanol–water partition coefficient (Wildman–Crippen LogP) is 0.827. The lowest BCUT2D eigenvalue weighted by atomic mass is 9.82. The zero-order valence-electron chi connectivity index (χ0n) is 10.6. The number of piperidine rings is 1. The number of carboxylic acids is 1. The molecule has 2 atom stereocenters. The van der Waals surface area contributed by atoms with E-state index in [1.165, 1.54) is 0 Å². The average molecular weight is 242 g/mol. The highest BCUT2D eigenvalue weighted by Crippen LogP contribution is 2.29. The molecular weight excluding hydrogens is 220 g/mol. The van der Waals surface area contributed by atoms with Crippen molar-refractivity contribution in [2.24, 2.45) is 11.1 Å². The summed E-state index contributed by atoms with van der Waals surface area (Å²) in [6, 6.07) is -0.490. The van der Waals surface area contributed by atoms with Crippen LogP contribution in [0.25, 0.3) is 0 Å². The van der Waals surface area contributed by atoms with Gasteiger partial charge in [0.05, 0.1) is 11.5 Å². The number of rotatable bonds is 4. The summed E-state index contributed by atoms with van der Waals surface area (Å²) in [4.78, 5) is 24.8. The Labute approximate surface area is 102 Å². The molecule has 1 aliphatic heterocycles. The lowest BCUT2D eigenvalue weighted by Crippen LogP contribution is -2.52. The predicted molar refractivity (Wildman–Crippen MR) is 64.4 cm³/mol. The van der Waals surface area contributed by atoms with Crippen molar-refractivity contribution in [3.05, 3.63) is 0 Å². The fourth-order valence-electron chi connectivity index (χ4n) is 2.27. The van der Waals surface area contributed by atoms with E-state index in [1.54, 1.807) is 11.8 Å². The molecule has 5 nitrogen and oxygen atoms in total. The van der Waals surface area contributed by atoms with Gasteiger partial charge in [-0.1, -0.05) is 13.3 Å². The van der Waals surface area contributed by atoms with E-state index in [0.717, 1.165) is 12.8 Å². The second-order valence-corrected chi connectivity index (χ2v) is 5.12. The molecule has 17 heavy (non-hydrogen) atoms. The molecule has 1 amide bonds. The quantitative estimate of drug-likeness (QED) is 0.764. The van der Waals surface area contributed by atoms with Crippen molar-refractivity contribution in [2.45, 2.75) is 45.6 Å². The number of amides is 1. The average Bonchev–Trinajstić information content (AvgIpc) is 2.28. The summed E-state index contributed by atoms with van der Waals surface area (Å²) in [6.45, 7) is 4.57. The van der Waals surface area contributed by atoms with E-state index >= 15 is 0 Å². The molecule has 0 bridgehead atoms. The SMILES string of the molecule is CCC[C@@H](N)C(=O)N1CCCC(C)(C(=O)O)C1. The van der Waals surface area contributed by atoms with Crippen LogP contribution in [-0.2, 0) is 9.59 Å². The summed E-state index contributed by atoms with van der Waals surface area (Å²) in [6.07, 6.45) is 2.86. The molecule has 1 rings (SSSR count). The number of carbonyl (C=O) groups excluding carboxylic acids is 1. The van der Waals surface area contributed by atoms with Gasteiger partial charge in [-0.3, -0.25) is 9.59 Å². The van der Waals surface area contributed by atoms with E-state index in [2.05, 4.69) is 0 Å². The Balaban J connectivity index is 2.66. The molecule has 5 heteroatoms. The zero-order valence-corrected chi connectivity index (χ0v) is 10.6. The Morgan fingerprint density at radius 2 is 2.18 bits per heavy atom. The van der Waals surface area contributed by atoms with Gasteiger partial charge in [0.1, 0.15) is 0 Å². The largest absolute Gasteiger partial charge is 0.481 e. The van der Waals surface area contributed by atoms with Gasteiger partial charge in [-0.25, -0.2) is 0 Å². The van der Waals surface area contributed by atoms with Crippen LogP contribution < -0.4 is 5.73 Å². The molecule has 0 aromatic rings. The Bertz CT molecular complexity index is 306. The molecule has 98 valence electrons. The van der Waals surface area contributed by atoms with E-state index in [0.29, 0.717) is 19.4 Å². The van der Waals surface area contributed by atoms with Gasteiger partial charge in [0.2, 0.25) is 5.91 Å². The van der Waals surface area contributed by atoms with Crippen LogP contribution in [0, 0.1) is 5.41 Å². The maximum atomic E-state index is 12.0. The molecule has 1 fully saturated rings. The normalized spacial score (nSPS) is 26.6. The summed E-state index contributed by atoms with van der Waals surface area (Å²) >= 11 is 0. The van der Waals surface area contributed by atoms with Crippen LogP contribution in [0.1, 0.15) is 39.5 Å². The highest BCUT2D eigenvalue weighted by Gasteiger charge is 2.40. The van der Waals surface area contributed by atoms with Crippen LogP contribution in [0.5, 0.6) is 0 Å². The number of likely N-dealkylation sites (tertiary alicyclic amines) is 1. The van der Waals surface area contributed by atoms with Gasteiger partial charge < -0.3 is 15.7 Å². The molecule has 0 aliphatic carbocycles. The molecule has 0 aromatic carbocycles. The lowest BCUT2D eigenvalue weighted by molar-refractivity contribution is -0.153. The Hall–Kier alpha value is -1.10. The standard InChI is InChI=1S/C12H22N2O3/c1-3-5-9(13)10(15)14-7-4-6-12(2,8-14)11(16)17/h9H,3-8,13H2,1-2H3,(H,16,17)/t9-,12?/m1/s1. The smallest absolute Gasteiger partial charge is 0.311 e. The first kappa shape index (κ1) is 14.0. The minimum absolute atomic E-state index is 0.112. The van der Waals surface area contributed by atoms with E-state index in [4.69, 9.17) is 10.8 Å². The van der Waals surface area contributed by atoms with E-state index < -0.39 is 17.4 Å². The van der Waals surface area contributed by atoms with Gasteiger partial charge >= 0.3 is 5.97 Å². The molecule has 1 aliphatic rings.